The van der Waals surface area contributed by atoms with E-state index in [2.05, 4.69) is 20.5 Å². The highest BCUT2D eigenvalue weighted by Crippen LogP contribution is 2.27. The van der Waals surface area contributed by atoms with Gasteiger partial charge in [-0.3, -0.25) is 4.79 Å². The summed E-state index contributed by atoms with van der Waals surface area (Å²) >= 11 is 0. The minimum absolute atomic E-state index is 0.0420. The number of hydrogen-bond donors (Lipinski definition) is 1. The maximum Gasteiger partial charge on any atom is 0.435 e. The standard InChI is InChI=1S/C21H16F4N6O/c1-13-27-19(29-31(13)17-8-4-15(22)5-9-17)20(32)26-12-14-2-6-16(7-3-14)30-11-10-18(28-30)21(23,24)25/h2-11H,12H2,1H3,(H,26,32). The molecule has 32 heavy (non-hydrogen) atoms. The van der Waals surface area contributed by atoms with Crippen LogP contribution in [0, 0.1) is 12.7 Å². The monoisotopic (exact) mass is 444 g/mol. The summed E-state index contributed by atoms with van der Waals surface area (Å²) in [5.74, 6) is -0.466. The van der Waals surface area contributed by atoms with Gasteiger partial charge in [0.15, 0.2) is 5.69 Å². The van der Waals surface area contributed by atoms with Crippen LogP contribution in [0.15, 0.2) is 60.8 Å². The molecule has 1 amide bonds. The van der Waals surface area contributed by atoms with Crippen LogP contribution in [0.1, 0.15) is 27.7 Å². The molecule has 0 unspecified atom stereocenters. The number of carbonyl (C=O) groups excluding carboxylic acids is 1. The lowest BCUT2D eigenvalue weighted by molar-refractivity contribution is -0.141. The van der Waals surface area contributed by atoms with Crippen molar-refractivity contribution in [2.24, 2.45) is 0 Å². The molecule has 0 radical (unpaired) electrons. The van der Waals surface area contributed by atoms with Crippen LogP contribution >= 0.6 is 0 Å². The topological polar surface area (TPSA) is 77.6 Å². The summed E-state index contributed by atoms with van der Waals surface area (Å²) in [6.07, 6.45) is -3.28. The van der Waals surface area contributed by atoms with Gasteiger partial charge < -0.3 is 5.32 Å². The Labute approximate surface area is 179 Å². The highest BCUT2D eigenvalue weighted by Gasteiger charge is 2.33. The fourth-order valence-electron chi connectivity index (χ4n) is 2.96. The van der Waals surface area contributed by atoms with Crippen molar-refractivity contribution in [1.82, 2.24) is 29.9 Å². The lowest BCUT2D eigenvalue weighted by Gasteiger charge is -2.06. The average Bonchev–Trinajstić information content (AvgIpc) is 3.40. The van der Waals surface area contributed by atoms with Crippen molar-refractivity contribution in [3.8, 4) is 11.4 Å². The quantitative estimate of drug-likeness (QED) is 0.475. The number of alkyl halides is 3. The van der Waals surface area contributed by atoms with Gasteiger partial charge in [-0.05, 0) is 55.0 Å². The summed E-state index contributed by atoms with van der Waals surface area (Å²) in [5.41, 5.74) is 0.765. The van der Waals surface area contributed by atoms with Crippen molar-refractivity contribution in [2.45, 2.75) is 19.6 Å². The van der Waals surface area contributed by atoms with Crippen LogP contribution in [-0.2, 0) is 12.7 Å². The minimum atomic E-state index is -4.51. The molecule has 0 aliphatic heterocycles. The van der Waals surface area contributed by atoms with E-state index < -0.39 is 17.8 Å². The third-order valence-electron chi connectivity index (χ3n) is 4.58. The van der Waals surface area contributed by atoms with Crippen molar-refractivity contribution < 1.29 is 22.4 Å². The van der Waals surface area contributed by atoms with E-state index in [1.165, 1.54) is 35.1 Å². The molecule has 0 atom stereocenters. The van der Waals surface area contributed by atoms with Gasteiger partial charge in [0.1, 0.15) is 11.6 Å². The summed E-state index contributed by atoms with van der Waals surface area (Å²) < 4.78 is 53.7. The van der Waals surface area contributed by atoms with Gasteiger partial charge in [-0.1, -0.05) is 12.1 Å². The number of halogens is 4. The predicted octanol–water partition coefficient (Wildman–Crippen LogP) is 3.85. The van der Waals surface area contributed by atoms with Gasteiger partial charge in [0.05, 0.1) is 11.4 Å². The molecular formula is C21H16F4N6O. The fourth-order valence-corrected chi connectivity index (χ4v) is 2.96. The molecule has 1 N–H and O–H groups in total. The summed E-state index contributed by atoms with van der Waals surface area (Å²) in [5, 5.41) is 10.4. The number of amides is 1. The second-order valence-corrected chi connectivity index (χ2v) is 6.86. The summed E-state index contributed by atoms with van der Waals surface area (Å²) in [7, 11) is 0. The number of carbonyl (C=O) groups is 1. The summed E-state index contributed by atoms with van der Waals surface area (Å²) in [6.45, 7) is 1.83. The molecule has 2 aromatic carbocycles. The van der Waals surface area contributed by atoms with Gasteiger partial charge in [-0.2, -0.15) is 18.3 Å². The van der Waals surface area contributed by atoms with Crippen molar-refractivity contribution in [2.75, 3.05) is 0 Å². The Bertz CT molecular complexity index is 1240. The van der Waals surface area contributed by atoms with E-state index in [9.17, 15) is 22.4 Å². The zero-order valence-electron chi connectivity index (χ0n) is 16.6. The number of aromatic nitrogens is 5. The van der Waals surface area contributed by atoms with Gasteiger partial charge in [-0.25, -0.2) is 18.7 Å². The maximum atomic E-state index is 13.1. The first-order valence-electron chi connectivity index (χ1n) is 9.41. The smallest absolute Gasteiger partial charge is 0.345 e. The first-order chi connectivity index (χ1) is 15.2. The number of nitrogens with one attached hydrogen (secondary N) is 1. The van der Waals surface area contributed by atoms with Crippen LogP contribution in [0.3, 0.4) is 0 Å². The first-order valence-corrected chi connectivity index (χ1v) is 9.41. The van der Waals surface area contributed by atoms with Crippen LogP contribution < -0.4 is 5.32 Å². The Morgan fingerprint density at radius 1 is 0.969 bits per heavy atom. The lowest BCUT2D eigenvalue weighted by Crippen LogP contribution is -2.24. The molecule has 0 saturated heterocycles. The van der Waals surface area contributed by atoms with E-state index in [0.717, 1.165) is 16.3 Å². The molecule has 0 aliphatic carbocycles. The van der Waals surface area contributed by atoms with E-state index in [1.807, 2.05) is 0 Å². The second-order valence-electron chi connectivity index (χ2n) is 6.86. The van der Waals surface area contributed by atoms with Crippen molar-refractivity contribution in [3.63, 3.8) is 0 Å². The molecule has 4 rings (SSSR count). The largest absolute Gasteiger partial charge is 0.435 e. The number of rotatable bonds is 5. The van der Waals surface area contributed by atoms with Crippen molar-refractivity contribution in [3.05, 3.63) is 89.5 Å². The summed E-state index contributed by atoms with van der Waals surface area (Å²) in [4.78, 5) is 16.6. The van der Waals surface area contributed by atoms with Gasteiger partial charge in [-0.15, -0.1) is 5.10 Å². The third-order valence-corrected chi connectivity index (χ3v) is 4.58. The van der Waals surface area contributed by atoms with Gasteiger partial charge >= 0.3 is 6.18 Å². The predicted molar refractivity (Wildman–Crippen MR) is 106 cm³/mol. The molecule has 0 spiro atoms. The van der Waals surface area contributed by atoms with Crippen LogP contribution in [0.4, 0.5) is 17.6 Å². The molecule has 11 heteroatoms. The minimum Gasteiger partial charge on any atom is -0.345 e. The lowest BCUT2D eigenvalue weighted by atomic mass is 10.2. The Morgan fingerprint density at radius 2 is 1.62 bits per heavy atom. The number of aryl methyl sites for hydroxylation is 1. The van der Waals surface area contributed by atoms with Gasteiger partial charge in [0.25, 0.3) is 5.91 Å². The summed E-state index contributed by atoms with van der Waals surface area (Å²) in [6, 6.07) is 13.0. The second kappa shape index (κ2) is 8.25. The molecule has 4 aromatic rings. The highest BCUT2D eigenvalue weighted by molar-refractivity contribution is 5.90. The molecule has 164 valence electrons. The zero-order chi connectivity index (χ0) is 22.9. The zero-order valence-corrected chi connectivity index (χ0v) is 16.6. The van der Waals surface area contributed by atoms with Crippen LogP contribution in [0.25, 0.3) is 11.4 Å². The Hall–Kier alpha value is -4.02. The average molecular weight is 444 g/mol. The highest BCUT2D eigenvalue weighted by atomic mass is 19.4. The van der Waals surface area contributed by atoms with Gasteiger partial charge in [0, 0.05) is 12.7 Å². The van der Waals surface area contributed by atoms with Crippen LogP contribution in [-0.4, -0.2) is 30.5 Å². The molecule has 0 fully saturated rings. The van der Waals surface area contributed by atoms with E-state index in [0.29, 0.717) is 17.2 Å². The molecule has 2 heterocycles. The molecule has 0 aliphatic rings. The number of nitrogens with zero attached hydrogens (tertiary/aromatic N) is 5. The fraction of sp³-hybridized carbons (Fsp3) is 0.143. The number of hydrogen-bond acceptors (Lipinski definition) is 4. The normalized spacial score (nSPS) is 11.5. The first kappa shape index (κ1) is 21.2. The number of benzene rings is 2. The van der Waals surface area contributed by atoms with E-state index in [-0.39, 0.29) is 18.2 Å². The third kappa shape index (κ3) is 4.51. The van der Waals surface area contributed by atoms with E-state index in [4.69, 9.17) is 0 Å². The Morgan fingerprint density at radius 3 is 2.25 bits per heavy atom. The molecular weight excluding hydrogens is 428 g/mol. The van der Waals surface area contributed by atoms with Gasteiger partial charge in [0.2, 0.25) is 5.82 Å². The van der Waals surface area contributed by atoms with Crippen molar-refractivity contribution >= 4 is 5.91 Å². The van der Waals surface area contributed by atoms with Crippen LogP contribution in [0.2, 0.25) is 0 Å². The SMILES string of the molecule is Cc1nc(C(=O)NCc2ccc(-n3ccc(C(F)(F)F)n3)cc2)nn1-c1ccc(F)cc1. The molecule has 2 aromatic heterocycles. The van der Waals surface area contributed by atoms with Crippen LogP contribution in [0.5, 0.6) is 0 Å². The van der Waals surface area contributed by atoms with Crippen molar-refractivity contribution in [1.29, 1.82) is 0 Å². The van der Waals surface area contributed by atoms with E-state index in [1.54, 1.807) is 31.2 Å². The molecule has 7 nitrogen and oxygen atoms in total. The Balaban J connectivity index is 1.41. The molecule has 0 bridgehead atoms. The van der Waals surface area contributed by atoms with E-state index >= 15 is 0 Å². The Kier molecular flexibility index (Phi) is 5.47. The molecule has 0 saturated carbocycles. The maximum absolute atomic E-state index is 13.1.